The summed E-state index contributed by atoms with van der Waals surface area (Å²) in [6.45, 7) is 2.81. The number of ether oxygens (including phenoxy) is 2. The van der Waals surface area contributed by atoms with Gasteiger partial charge < -0.3 is 20.1 Å². The Morgan fingerprint density at radius 1 is 0.978 bits per heavy atom. The van der Waals surface area contributed by atoms with E-state index in [9.17, 15) is 13.2 Å². The summed E-state index contributed by atoms with van der Waals surface area (Å²) >= 11 is 0. The molecule has 2 fully saturated rings. The van der Waals surface area contributed by atoms with E-state index in [0.29, 0.717) is 40.6 Å². The van der Waals surface area contributed by atoms with Gasteiger partial charge in [0.15, 0.2) is 6.04 Å². The molecular weight excluding hydrogens is 600 g/mol. The molecule has 2 aliphatic rings. The predicted molar refractivity (Wildman–Crippen MR) is 170 cm³/mol. The number of amides is 1. The highest BCUT2D eigenvalue weighted by molar-refractivity contribution is 7.89. The molecule has 1 heterocycles. The average molecular weight is 644 g/mol. The third kappa shape index (κ3) is 7.42. The van der Waals surface area contributed by atoms with E-state index < -0.39 is 33.5 Å². The third-order valence-electron chi connectivity index (χ3n) is 8.86. The number of hydrogen-bond donors (Lipinski definition) is 1. The number of sulfonamides is 1. The SMILES string of the molecule is CCCCOc1ccc(C(F)(F)[C@@H](C(=O)N2CCC(N)CC2)N(C)S(=O)(=O)c2ccc3cc(OC4CCCC4)ccc3c2)cc1. The summed E-state index contributed by atoms with van der Waals surface area (Å²) in [6, 6.07) is 12.6. The number of piperidine rings is 1. The number of fused-ring (bicyclic) bond motifs is 1. The largest absolute Gasteiger partial charge is 0.494 e. The number of carbonyl (C=O) groups is 1. The maximum Gasteiger partial charge on any atom is 0.298 e. The van der Waals surface area contributed by atoms with E-state index in [1.165, 1.54) is 41.3 Å². The summed E-state index contributed by atoms with van der Waals surface area (Å²) in [5.74, 6) is -3.69. The second-order valence-corrected chi connectivity index (χ2v) is 14.1. The van der Waals surface area contributed by atoms with Gasteiger partial charge in [-0.1, -0.05) is 25.5 Å². The molecule has 1 aliphatic heterocycles. The van der Waals surface area contributed by atoms with Crippen molar-refractivity contribution in [1.29, 1.82) is 0 Å². The van der Waals surface area contributed by atoms with Crippen LogP contribution in [-0.4, -0.2) is 68.5 Å². The Morgan fingerprint density at radius 2 is 1.60 bits per heavy atom. The fraction of sp³-hybridized carbons (Fsp3) is 0.500. The summed E-state index contributed by atoms with van der Waals surface area (Å²) < 4.78 is 73.1. The first-order valence-electron chi connectivity index (χ1n) is 15.8. The second kappa shape index (κ2) is 14.0. The number of nitrogens with two attached hydrogens (primary N) is 1. The molecule has 5 rings (SSSR count). The first-order valence-corrected chi connectivity index (χ1v) is 17.3. The molecule has 3 aromatic carbocycles. The maximum absolute atomic E-state index is 16.5. The third-order valence-corrected chi connectivity index (χ3v) is 10.7. The number of unbranched alkanes of at least 4 members (excludes halogenated alkanes) is 1. The Hall–Kier alpha value is -3.28. The molecule has 2 N–H and O–H groups in total. The number of benzene rings is 3. The van der Waals surface area contributed by atoms with Gasteiger partial charge >= 0.3 is 0 Å². The average Bonchev–Trinajstić information content (AvgIpc) is 3.54. The summed E-state index contributed by atoms with van der Waals surface area (Å²) in [5.41, 5.74) is 5.52. The molecule has 0 aromatic heterocycles. The van der Waals surface area contributed by atoms with Gasteiger partial charge in [0.1, 0.15) is 11.5 Å². The van der Waals surface area contributed by atoms with Gasteiger partial charge in [-0.2, -0.15) is 13.1 Å². The Morgan fingerprint density at radius 3 is 2.27 bits per heavy atom. The summed E-state index contributed by atoms with van der Waals surface area (Å²) in [5, 5.41) is 1.37. The van der Waals surface area contributed by atoms with Crippen molar-refractivity contribution in [2.75, 3.05) is 26.7 Å². The van der Waals surface area contributed by atoms with Gasteiger partial charge in [0.2, 0.25) is 15.9 Å². The minimum absolute atomic E-state index is 0.142. The molecule has 1 amide bonds. The van der Waals surface area contributed by atoms with Crippen molar-refractivity contribution in [3.8, 4) is 11.5 Å². The van der Waals surface area contributed by atoms with E-state index in [1.807, 2.05) is 13.0 Å². The van der Waals surface area contributed by atoms with Crippen molar-refractivity contribution in [2.45, 2.75) is 87.3 Å². The highest BCUT2D eigenvalue weighted by atomic mass is 32.2. The molecular formula is C34H43F2N3O5S. The van der Waals surface area contributed by atoms with Crippen LogP contribution in [0.3, 0.4) is 0 Å². The number of likely N-dealkylation sites (tertiary alicyclic amines) is 1. The van der Waals surface area contributed by atoms with Crippen molar-refractivity contribution in [3.05, 3.63) is 66.2 Å². The number of hydrogen-bond acceptors (Lipinski definition) is 6. The Kier molecular flexibility index (Phi) is 10.3. The summed E-state index contributed by atoms with van der Waals surface area (Å²) in [7, 11) is -3.49. The van der Waals surface area contributed by atoms with Gasteiger partial charge in [0.25, 0.3) is 5.92 Å². The number of nitrogens with zero attached hydrogens (tertiary/aromatic N) is 2. The molecule has 0 bridgehead atoms. The predicted octanol–water partition coefficient (Wildman–Crippen LogP) is 6.07. The van der Waals surface area contributed by atoms with Crippen LogP contribution in [0, 0.1) is 0 Å². The number of likely N-dealkylation sites (N-methyl/N-ethyl adjacent to an activating group) is 1. The van der Waals surface area contributed by atoms with E-state index in [-0.39, 0.29) is 30.1 Å². The van der Waals surface area contributed by atoms with Crippen molar-refractivity contribution >= 4 is 26.7 Å². The van der Waals surface area contributed by atoms with Crippen molar-refractivity contribution in [3.63, 3.8) is 0 Å². The van der Waals surface area contributed by atoms with Crippen molar-refractivity contribution in [1.82, 2.24) is 9.21 Å². The molecule has 1 saturated heterocycles. The van der Waals surface area contributed by atoms with Crippen molar-refractivity contribution < 1.29 is 31.5 Å². The molecule has 0 radical (unpaired) electrons. The van der Waals surface area contributed by atoms with Crippen molar-refractivity contribution in [2.24, 2.45) is 5.73 Å². The van der Waals surface area contributed by atoms with Crippen LogP contribution >= 0.6 is 0 Å². The first kappa shape index (κ1) is 33.1. The highest BCUT2D eigenvalue weighted by Gasteiger charge is 2.53. The van der Waals surface area contributed by atoms with E-state index >= 15 is 8.78 Å². The number of rotatable bonds is 12. The summed E-state index contributed by atoms with van der Waals surface area (Å²) in [4.78, 5) is 14.9. The van der Waals surface area contributed by atoms with Gasteiger partial charge in [-0.3, -0.25) is 4.79 Å². The fourth-order valence-corrected chi connectivity index (χ4v) is 7.39. The second-order valence-electron chi connectivity index (χ2n) is 12.1. The number of alkyl halides is 2. The number of carbonyl (C=O) groups excluding carboxylic acids is 1. The van der Waals surface area contributed by atoms with Crippen LogP contribution in [0.25, 0.3) is 10.8 Å². The first-order chi connectivity index (χ1) is 21.5. The molecule has 244 valence electrons. The Bertz CT molecular complexity index is 1570. The monoisotopic (exact) mass is 643 g/mol. The minimum atomic E-state index is -4.54. The van der Waals surface area contributed by atoms with E-state index in [4.69, 9.17) is 15.2 Å². The van der Waals surface area contributed by atoms with Crippen LogP contribution in [0.15, 0.2) is 65.6 Å². The zero-order chi connectivity index (χ0) is 32.2. The van der Waals surface area contributed by atoms with Crippen LogP contribution in [0.2, 0.25) is 0 Å². The fourth-order valence-electron chi connectivity index (χ4n) is 6.04. The lowest BCUT2D eigenvalue weighted by atomic mass is 9.98. The standard InChI is InChI=1S/C34H43F2N3O5S/c1-3-4-21-43-28-14-11-26(12-15-28)34(35,36)32(33(40)39-19-17-27(37)18-20-39)38(2)45(41,42)31-16-10-24-22-30(13-9-25(24)23-31)44-29-7-5-6-8-29/h9-16,22-23,27,29,32H,3-8,17-21,37H2,1-2H3/t32-/m1/s1. The maximum atomic E-state index is 16.5. The topological polar surface area (TPSA) is 102 Å². The van der Waals surface area contributed by atoms with E-state index in [0.717, 1.165) is 51.0 Å². The molecule has 0 unspecified atom stereocenters. The lowest BCUT2D eigenvalue weighted by Gasteiger charge is -2.38. The number of halogens is 2. The highest BCUT2D eigenvalue weighted by Crippen LogP contribution is 2.39. The van der Waals surface area contributed by atoms with Crippen LogP contribution < -0.4 is 15.2 Å². The summed E-state index contributed by atoms with van der Waals surface area (Å²) in [6.07, 6.45) is 7.10. The van der Waals surface area contributed by atoms with Gasteiger partial charge in [0, 0.05) is 31.7 Å². The molecule has 1 atom stereocenters. The molecule has 0 spiro atoms. The zero-order valence-electron chi connectivity index (χ0n) is 26.0. The van der Waals surface area contributed by atoms with Crippen LogP contribution in [0.5, 0.6) is 11.5 Å². The molecule has 45 heavy (non-hydrogen) atoms. The molecule has 11 heteroatoms. The van der Waals surface area contributed by atoms with E-state index in [2.05, 4.69) is 0 Å². The quantitative estimate of drug-likeness (QED) is 0.241. The zero-order valence-corrected chi connectivity index (χ0v) is 26.8. The normalized spacial score (nSPS) is 17.6. The van der Waals surface area contributed by atoms with Gasteiger partial charge in [-0.25, -0.2) is 8.42 Å². The lowest BCUT2D eigenvalue weighted by Crippen LogP contribution is -2.58. The minimum Gasteiger partial charge on any atom is -0.494 e. The molecule has 1 saturated carbocycles. The van der Waals surface area contributed by atoms with Gasteiger partial charge in [-0.15, -0.1) is 0 Å². The molecule has 3 aromatic rings. The van der Waals surface area contributed by atoms with Gasteiger partial charge in [-0.05, 0) is 104 Å². The lowest BCUT2D eigenvalue weighted by molar-refractivity contribution is -0.151. The smallest absolute Gasteiger partial charge is 0.298 e. The van der Waals surface area contributed by atoms with Crippen LogP contribution in [-0.2, 0) is 20.7 Å². The molecule has 1 aliphatic carbocycles. The Labute approximate surface area is 264 Å². The van der Waals surface area contributed by atoms with E-state index in [1.54, 1.807) is 18.2 Å². The Balaban J connectivity index is 1.45. The van der Waals surface area contributed by atoms with Crippen LogP contribution in [0.1, 0.15) is 63.9 Å². The van der Waals surface area contributed by atoms with Gasteiger partial charge in [0.05, 0.1) is 17.6 Å². The van der Waals surface area contributed by atoms with Crippen LogP contribution in [0.4, 0.5) is 8.78 Å². The molecule has 8 nitrogen and oxygen atoms in total.